The van der Waals surface area contributed by atoms with Crippen molar-refractivity contribution in [3.8, 4) is 0 Å². The van der Waals surface area contributed by atoms with Crippen LogP contribution in [0.4, 0.5) is 21.0 Å². The molecule has 198 valence electrons. The number of anilines is 1. The van der Waals surface area contributed by atoms with Crippen molar-refractivity contribution < 1.29 is 29.0 Å². The number of carbonyl (C=O) groups is 3. The third-order valence-electron chi connectivity index (χ3n) is 5.74. The fourth-order valence-corrected chi connectivity index (χ4v) is 4.09. The Kier molecular flexibility index (Phi) is 8.15. The van der Waals surface area contributed by atoms with Gasteiger partial charge in [0, 0.05) is 31.9 Å². The van der Waals surface area contributed by atoms with Crippen LogP contribution in [0.1, 0.15) is 60.8 Å². The monoisotopic (exact) mass is 502 g/mol. The zero-order valence-corrected chi connectivity index (χ0v) is 22.1. The van der Waals surface area contributed by atoms with Crippen molar-refractivity contribution in [3.63, 3.8) is 0 Å². The first-order valence-electron chi connectivity index (χ1n) is 12.4. The highest BCUT2D eigenvalue weighted by Gasteiger charge is 2.37. The molecule has 0 aliphatic carbocycles. The molecule has 2 amide bonds. The second-order valence-electron chi connectivity index (χ2n) is 11.1. The molecular formula is C26H38N4O6. The van der Waals surface area contributed by atoms with Crippen LogP contribution < -0.4 is 4.90 Å². The van der Waals surface area contributed by atoms with Crippen molar-refractivity contribution in [2.75, 3.05) is 31.1 Å². The Morgan fingerprint density at radius 2 is 1.42 bits per heavy atom. The predicted molar refractivity (Wildman–Crippen MR) is 137 cm³/mol. The first kappa shape index (κ1) is 27.3. The molecule has 0 radical (unpaired) electrons. The van der Waals surface area contributed by atoms with Crippen molar-refractivity contribution in [1.29, 1.82) is 0 Å². The lowest BCUT2D eigenvalue weighted by molar-refractivity contribution is -0.142. The van der Waals surface area contributed by atoms with Gasteiger partial charge in [-0.15, -0.1) is 0 Å². The SMILES string of the molecule is CC(C)(C)OC(=O)N1CCCN(C(=O)OC(C)(C)C)C1=Nc1cccc(N2CCC(C(=O)O)CC2)c1. The van der Waals surface area contributed by atoms with E-state index in [0.717, 1.165) is 5.69 Å². The van der Waals surface area contributed by atoms with E-state index in [2.05, 4.69) is 4.90 Å². The number of hydrogen-bond donors (Lipinski definition) is 1. The molecule has 3 rings (SSSR count). The Labute approximate surface area is 212 Å². The van der Waals surface area contributed by atoms with Gasteiger partial charge in [-0.2, -0.15) is 0 Å². The molecule has 0 unspecified atom stereocenters. The molecule has 1 N–H and O–H groups in total. The lowest BCUT2D eigenvalue weighted by Crippen LogP contribution is -2.56. The fraction of sp³-hybridized carbons (Fsp3) is 0.615. The number of aliphatic imine (C=N–C) groups is 1. The first-order chi connectivity index (χ1) is 16.7. The Morgan fingerprint density at radius 3 is 1.89 bits per heavy atom. The summed E-state index contributed by atoms with van der Waals surface area (Å²) in [6.45, 7) is 12.7. The lowest BCUT2D eigenvalue weighted by Gasteiger charge is -2.37. The summed E-state index contributed by atoms with van der Waals surface area (Å²) in [6, 6.07) is 7.48. The number of ether oxygens (including phenoxy) is 2. The van der Waals surface area contributed by atoms with E-state index in [1.54, 1.807) is 47.6 Å². The third-order valence-corrected chi connectivity index (χ3v) is 5.74. The Balaban J connectivity index is 1.92. The molecule has 10 heteroatoms. The van der Waals surface area contributed by atoms with E-state index in [1.807, 2.05) is 18.2 Å². The zero-order valence-electron chi connectivity index (χ0n) is 22.1. The Morgan fingerprint density at radius 1 is 0.889 bits per heavy atom. The van der Waals surface area contributed by atoms with Crippen LogP contribution in [0.15, 0.2) is 29.3 Å². The molecule has 0 atom stereocenters. The highest BCUT2D eigenvalue weighted by atomic mass is 16.6. The van der Waals surface area contributed by atoms with Crippen LogP contribution in [0.3, 0.4) is 0 Å². The van der Waals surface area contributed by atoms with Gasteiger partial charge in [-0.25, -0.2) is 24.4 Å². The van der Waals surface area contributed by atoms with Crippen LogP contribution in [-0.4, -0.2) is 76.4 Å². The van der Waals surface area contributed by atoms with Crippen LogP contribution in [0.2, 0.25) is 0 Å². The molecule has 0 bridgehead atoms. The maximum Gasteiger partial charge on any atom is 0.417 e. The van der Waals surface area contributed by atoms with Gasteiger partial charge in [-0.05, 0) is 79.0 Å². The van der Waals surface area contributed by atoms with E-state index in [4.69, 9.17) is 14.5 Å². The average molecular weight is 503 g/mol. The minimum atomic E-state index is -0.753. The van der Waals surface area contributed by atoms with Crippen molar-refractivity contribution >= 4 is 35.5 Å². The lowest BCUT2D eigenvalue weighted by atomic mass is 9.97. The van der Waals surface area contributed by atoms with Crippen LogP contribution in [0, 0.1) is 5.92 Å². The molecule has 2 heterocycles. The Hall–Kier alpha value is -3.30. The summed E-state index contributed by atoms with van der Waals surface area (Å²) in [4.78, 5) is 47.0. The van der Waals surface area contributed by atoms with Crippen LogP contribution in [0.5, 0.6) is 0 Å². The predicted octanol–water partition coefficient (Wildman–Crippen LogP) is 4.85. The number of nitrogens with zero attached hydrogens (tertiary/aromatic N) is 4. The molecule has 2 aliphatic rings. The number of carbonyl (C=O) groups excluding carboxylic acids is 2. The minimum absolute atomic E-state index is 0.159. The van der Waals surface area contributed by atoms with Gasteiger partial charge in [-0.3, -0.25) is 4.79 Å². The molecule has 2 saturated heterocycles. The second-order valence-corrected chi connectivity index (χ2v) is 11.1. The molecule has 1 aromatic rings. The number of hydrogen-bond acceptors (Lipinski definition) is 7. The fourth-order valence-electron chi connectivity index (χ4n) is 4.09. The number of rotatable bonds is 3. The number of guanidine groups is 1. The standard InChI is InChI=1S/C26H38N4O6/c1-25(2,3)35-23(33)29-13-8-14-30(24(34)36-26(4,5)6)22(29)27-19-9-7-10-20(17-19)28-15-11-18(12-16-28)21(31)32/h7,9-10,17-18H,8,11-16H2,1-6H3,(H,31,32). The van der Waals surface area contributed by atoms with Gasteiger partial charge in [0.1, 0.15) is 11.2 Å². The van der Waals surface area contributed by atoms with Crippen molar-refractivity contribution in [2.24, 2.45) is 10.9 Å². The second kappa shape index (κ2) is 10.8. The summed E-state index contributed by atoms with van der Waals surface area (Å²) < 4.78 is 11.2. The number of piperidine rings is 1. The zero-order chi connectivity index (χ0) is 26.7. The highest BCUT2D eigenvalue weighted by molar-refractivity contribution is 6.03. The average Bonchev–Trinajstić information content (AvgIpc) is 2.77. The molecule has 0 saturated carbocycles. The quantitative estimate of drug-likeness (QED) is 0.629. The topological polar surface area (TPSA) is 112 Å². The molecule has 10 nitrogen and oxygen atoms in total. The number of amides is 2. The summed E-state index contributed by atoms with van der Waals surface area (Å²) in [5, 5.41) is 9.28. The molecule has 0 spiro atoms. The van der Waals surface area contributed by atoms with E-state index in [-0.39, 0.29) is 11.9 Å². The van der Waals surface area contributed by atoms with Crippen molar-refractivity contribution in [1.82, 2.24) is 9.80 Å². The van der Waals surface area contributed by atoms with Crippen LogP contribution >= 0.6 is 0 Å². The summed E-state index contributed by atoms with van der Waals surface area (Å²) in [6.07, 6.45) is 0.540. The van der Waals surface area contributed by atoms with E-state index in [9.17, 15) is 19.5 Å². The molecule has 1 aromatic carbocycles. The number of carboxylic acid groups (broad SMARTS) is 1. The first-order valence-corrected chi connectivity index (χ1v) is 12.4. The van der Waals surface area contributed by atoms with E-state index in [1.165, 1.54) is 9.80 Å². The Bertz CT molecular complexity index is 964. The maximum atomic E-state index is 13.1. The van der Waals surface area contributed by atoms with E-state index < -0.39 is 29.4 Å². The highest BCUT2D eigenvalue weighted by Crippen LogP contribution is 2.28. The largest absolute Gasteiger partial charge is 0.481 e. The molecule has 2 aliphatic heterocycles. The van der Waals surface area contributed by atoms with Gasteiger partial charge in [0.2, 0.25) is 5.96 Å². The van der Waals surface area contributed by atoms with Crippen molar-refractivity contribution in [3.05, 3.63) is 24.3 Å². The smallest absolute Gasteiger partial charge is 0.417 e. The van der Waals surface area contributed by atoms with E-state index in [0.29, 0.717) is 51.1 Å². The summed E-state index contributed by atoms with van der Waals surface area (Å²) in [7, 11) is 0. The summed E-state index contributed by atoms with van der Waals surface area (Å²) in [5.41, 5.74) is 0.0486. The minimum Gasteiger partial charge on any atom is -0.481 e. The number of aliphatic carboxylic acids is 1. The van der Waals surface area contributed by atoms with Crippen LogP contribution in [0.25, 0.3) is 0 Å². The maximum absolute atomic E-state index is 13.1. The van der Waals surface area contributed by atoms with Gasteiger partial charge >= 0.3 is 18.2 Å². The number of benzene rings is 1. The van der Waals surface area contributed by atoms with E-state index >= 15 is 0 Å². The summed E-state index contributed by atoms with van der Waals surface area (Å²) >= 11 is 0. The van der Waals surface area contributed by atoms with Gasteiger partial charge in [-0.1, -0.05) is 6.07 Å². The van der Waals surface area contributed by atoms with Crippen LogP contribution in [-0.2, 0) is 14.3 Å². The third kappa shape index (κ3) is 7.35. The molecule has 0 aromatic heterocycles. The van der Waals surface area contributed by atoms with Gasteiger partial charge in [0.15, 0.2) is 0 Å². The molecule has 2 fully saturated rings. The van der Waals surface area contributed by atoms with Crippen molar-refractivity contribution in [2.45, 2.75) is 72.0 Å². The number of carboxylic acids is 1. The summed E-state index contributed by atoms with van der Waals surface area (Å²) in [5.74, 6) is -0.917. The molecule has 36 heavy (non-hydrogen) atoms. The molecular weight excluding hydrogens is 464 g/mol. The van der Waals surface area contributed by atoms with Gasteiger partial charge in [0.05, 0.1) is 11.6 Å². The van der Waals surface area contributed by atoms with Gasteiger partial charge < -0.3 is 19.5 Å². The van der Waals surface area contributed by atoms with Gasteiger partial charge in [0.25, 0.3) is 0 Å². The normalized spacial score (nSPS) is 17.6.